The summed E-state index contributed by atoms with van der Waals surface area (Å²) < 4.78 is 0. The van der Waals surface area contributed by atoms with E-state index in [2.05, 4.69) is 0 Å². The van der Waals surface area contributed by atoms with E-state index in [1.807, 2.05) is 106 Å². The zero-order valence-corrected chi connectivity index (χ0v) is 21.5. The summed E-state index contributed by atoms with van der Waals surface area (Å²) in [5, 5.41) is 0. The van der Waals surface area contributed by atoms with Gasteiger partial charge in [0, 0.05) is 0 Å². The SMILES string of the molecule is CC(C)(C)OOC(C)(C)CCC(C)(COOC(C)(C)c1ccccc1)OOC(C)(C)C. The summed E-state index contributed by atoms with van der Waals surface area (Å²) in [6, 6.07) is 9.95. The molecule has 0 radical (unpaired) electrons. The van der Waals surface area contributed by atoms with Crippen molar-refractivity contribution in [2.24, 2.45) is 0 Å². The van der Waals surface area contributed by atoms with E-state index in [4.69, 9.17) is 29.3 Å². The second-order valence-electron chi connectivity index (χ2n) is 11.5. The third-order valence-corrected chi connectivity index (χ3v) is 4.37. The van der Waals surface area contributed by atoms with Gasteiger partial charge in [0.15, 0.2) is 0 Å². The van der Waals surface area contributed by atoms with Crippen LogP contribution in [0.3, 0.4) is 0 Å². The minimum Gasteiger partial charge on any atom is -0.233 e. The van der Waals surface area contributed by atoms with Crippen molar-refractivity contribution in [3.8, 4) is 0 Å². The minimum atomic E-state index is -0.748. The molecular formula is C25H44O6. The molecule has 0 heterocycles. The van der Waals surface area contributed by atoms with E-state index < -0.39 is 22.4 Å². The zero-order chi connectivity index (χ0) is 24.0. The average Bonchev–Trinajstić information content (AvgIpc) is 2.63. The molecule has 1 atom stereocenters. The summed E-state index contributed by atoms with van der Waals surface area (Å²) in [6.45, 7) is 21.7. The van der Waals surface area contributed by atoms with Gasteiger partial charge in [0.2, 0.25) is 0 Å². The van der Waals surface area contributed by atoms with E-state index in [9.17, 15) is 0 Å². The lowest BCUT2D eigenvalue weighted by molar-refractivity contribution is -0.441. The van der Waals surface area contributed by atoms with Crippen LogP contribution in [-0.4, -0.2) is 29.0 Å². The lowest BCUT2D eigenvalue weighted by Crippen LogP contribution is -2.41. The predicted molar refractivity (Wildman–Crippen MR) is 122 cm³/mol. The van der Waals surface area contributed by atoms with Gasteiger partial charge in [-0.25, -0.2) is 29.3 Å². The first-order valence-electron chi connectivity index (χ1n) is 11.0. The van der Waals surface area contributed by atoms with Crippen LogP contribution in [0, 0.1) is 0 Å². The molecule has 0 aliphatic carbocycles. The molecule has 6 heteroatoms. The van der Waals surface area contributed by atoms with E-state index in [1.54, 1.807) is 0 Å². The Kier molecular flexibility index (Phi) is 9.70. The van der Waals surface area contributed by atoms with Gasteiger partial charge in [-0.15, -0.1) is 0 Å². The van der Waals surface area contributed by atoms with E-state index in [1.165, 1.54) is 0 Å². The molecule has 0 fully saturated rings. The van der Waals surface area contributed by atoms with Gasteiger partial charge in [-0.1, -0.05) is 30.3 Å². The van der Waals surface area contributed by atoms with Crippen LogP contribution in [0.1, 0.15) is 94.6 Å². The van der Waals surface area contributed by atoms with Crippen molar-refractivity contribution in [2.45, 2.75) is 117 Å². The number of hydrogen-bond acceptors (Lipinski definition) is 6. The molecule has 0 aliphatic rings. The maximum atomic E-state index is 5.85. The summed E-state index contributed by atoms with van der Waals surface area (Å²) in [5.41, 5.74) is -1.67. The maximum Gasteiger partial charge on any atom is 0.127 e. The van der Waals surface area contributed by atoms with Crippen LogP contribution in [-0.2, 0) is 34.9 Å². The molecular weight excluding hydrogens is 396 g/mol. The van der Waals surface area contributed by atoms with Crippen LogP contribution in [0.5, 0.6) is 0 Å². The van der Waals surface area contributed by atoms with E-state index in [-0.39, 0.29) is 12.2 Å². The highest BCUT2D eigenvalue weighted by molar-refractivity contribution is 5.20. The third kappa shape index (κ3) is 12.0. The number of benzene rings is 1. The fourth-order valence-corrected chi connectivity index (χ4v) is 2.40. The quantitative estimate of drug-likeness (QED) is 0.267. The zero-order valence-electron chi connectivity index (χ0n) is 21.5. The molecule has 0 spiro atoms. The van der Waals surface area contributed by atoms with Gasteiger partial charge >= 0.3 is 0 Å². The van der Waals surface area contributed by atoms with Gasteiger partial charge < -0.3 is 0 Å². The first-order valence-corrected chi connectivity index (χ1v) is 11.0. The third-order valence-electron chi connectivity index (χ3n) is 4.37. The summed E-state index contributed by atoms with van der Waals surface area (Å²) in [5.74, 6) is 0. The van der Waals surface area contributed by atoms with Gasteiger partial charge in [-0.3, -0.25) is 0 Å². The van der Waals surface area contributed by atoms with Crippen molar-refractivity contribution >= 4 is 0 Å². The molecule has 0 aromatic heterocycles. The fourth-order valence-electron chi connectivity index (χ4n) is 2.40. The molecule has 0 bridgehead atoms. The highest BCUT2D eigenvalue weighted by Gasteiger charge is 2.35. The Labute approximate surface area is 189 Å². The van der Waals surface area contributed by atoms with Gasteiger partial charge in [-0.2, -0.15) is 0 Å². The summed E-state index contributed by atoms with van der Waals surface area (Å²) in [7, 11) is 0. The predicted octanol–water partition coefficient (Wildman–Crippen LogP) is 6.68. The Bertz CT molecular complexity index is 642. The van der Waals surface area contributed by atoms with Gasteiger partial charge in [0.05, 0.1) is 16.8 Å². The fraction of sp³-hybridized carbons (Fsp3) is 0.760. The molecule has 0 saturated carbocycles. The molecule has 0 N–H and O–H groups in total. The molecule has 31 heavy (non-hydrogen) atoms. The topological polar surface area (TPSA) is 55.4 Å². The van der Waals surface area contributed by atoms with Gasteiger partial charge in [-0.05, 0) is 94.6 Å². The second-order valence-corrected chi connectivity index (χ2v) is 11.5. The standard InChI is InChI=1S/C25H44O6/c1-21(2,3)27-29-23(7,8)17-18-25(11,31-28-22(4,5)6)19-26-30-24(9,10)20-15-13-12-14-16-20/h12-16H,17-19H2,1-11H3. The molecule has 0 amide bonds. The summed E-state index contributed by atoms with van der Waals surface area (Å²) >= 11 is 0. The highest BCUT2D eigenvalue weighted by Crippen LogP contribution is 2.30. The first-order chi connectivity index (χ1) is 13.9. The van der Waals surface area contributed by atoms with Crippen LogP contribution < -0.4 is 0 Å². The maximum absolute atomic E-state index is 5.85. The van der Waals surface area contributed by atoms with Crippen molar-refractivity contribution in [3.05, 3.63) is 35.9 Å². The van der Waals surface area contributed by atoms with Crippen molar-refractivity contribution < 1.29 is 29.3 Å². The van der Waals surface area contributed by atoms with Crippen molar-refractivity contribution in [1.29, 1.82) is 0 Å². The molecule has 1 unspecified atom stereocenters. The Morgan fingerprint density at radius 1 is 0.581 bits per heavy atom. The Balaban J connectivity index is 2.75. The van der Waals surface area contributed by atoms with Crippen LogP contribution in [0.4, 0.5) is 0 Å². The van der Waals surface area contributed by atoms with Crippen LogP contribution in [0.25, 0.3) is 0 Å². The summed E-state index contributed by atoms with van der Waals surface area (Å²) in [6.07, 6.45) is 1.28. The molecule has 1 aromatic carbocycles. The van der Waals surface area contributed by atoms with Gasteiger partial charge in [0.25, 0.3) is 0 Å². The lowest BCUT2D eigenvalue weighted by atomic mass is 9.93. The highest BCUT2D eigenvalue weighted by atomic mass is 17.2. The van der Waals surface area contributed by atoms with E-state index in [0.29, 0.717) is 12.8 Å². The smallest absolute Gasteiger partial charge is 0.127 e. The molecule has 180 valence electrons. The lowest BCUT2D eigenvalue weighted by Gasteiger charge is -2.35. The number of rotatable bonds is 12. The van der Waals surface area contributed by atoms with Crippen molar-refractivity contribution in [2.75, 3.05) is 6.61 Å². The molecule has 0 saturated heterocycles. The average molecular weight is 441 g/mol. The van der Waals surface area contributed by atoms with Crippen LogP contribution in [0.2, 0.25) is 0 Å². The molecule has 1 aromatic rings. The molecule has 1 rings (SSSR count). The Hall–Kier alpha value is -1.02. The monoisotopic (exact) mass is 440 g/mol. The van der Waals surface area contributed by atoms with Crippen molar-refractivity contribution in [1.82, 2.24) is 0 Å². The van der Waals surface area contributed by atoms with E-state index >= 15 is 0 Å². The largest absolute Gasteiger partial charge is 0.233 e. The van der Waals surface area contributed by atoms with Gasteiger partial charge in [0.1, 0.15) is 17.8 Å². The van der Waals surface area contributed by atoms with Crippen LogP contribution >= 0.6 is 0 Å². The Morgan fingerprint density at radius 3 is 1.61 bits per heavy atom. The minimum absolute atomic E-state index is 0.190. The molecule has 6 nitrogen and oxygen atoms in total. The molecule has 0 aliphatic heterocycles. The van der Waals surface area contributed by atoms with E-state index in [0.717, 1.165) is 5.56 Å². The van der Waals surface area contributed by atoms with Crippen LogP contribution in [0.15, 0.2) is 30.3 Å². The normalized spacial score (nSPS) is 15.7. The first kappa shape index (κ1) is 28.0. The number of hydrogen-bond donors (Lipinski definition) is 0. The second kappa shape index (κ2) is 10.7. The van der Waals surface area contributed by atoms with Crippen molar-refractivity contribution in [3.63, 3.8) is 0 Å². The Morgan fingerprint density at radius 2 is 1.10 bits per heavy atom. The summed E-state index contributed by atoms with van der Waals surface area (Å²) in [4.78, 5) is 34.2.